The van der Waals surface area contributed by atoms with Gasteiger partial charge < -0.3 is 50.8 Å². The molecule has 1 aliphatic heterocycles. The highest BCUT2D eigenvalue weighted by Crippen LogP contribution is 2.29. The zero-order chi connectivity index (χ0) is 18.5. The van der Waals surface area contributed by atoms with E-state index in [0.29, 0.717) is 0 Å². The molecule has 1 heterocycles. The first kappa shape index (κ1) is 20.2. The molecule has 1 fully saturated rings. The molecule has 0 bridgehead atoms. The number of aliphatic hydroxyl groups excluding tert-OH is 4. The van der Waals surface area contributed by atoms with Crippen molar-refractivity contribution in [3.8, 4) is 0 Å². The molecular formula is C12H19N2O10-. The molecular weight excluding hydrogens is 332 g/mol. The lowest BCUT2D eigenvalue weighted by atomic mass is 9.88. The number of aliphatic hydroxyl groups is 5. The van der Waals surface area contributed by atoms with Gasteiger partial charge in [-0.2, -0.15) is 0 Å². The smallest absolute Gasteiger partial charge is 0.239 e. The van der Waals surface area contributed by atoms with Gasteiger partial charge in [0.05, 0.1) is 25.3 Å². The van der Waals surface area contributed by atoms with Crippen LogP contribution in [0.5, 0.6) is 0 Å². The average Bonchev–Trinajstić information content (AvgIpc) is 2.53. The molecule has 1 saturated heterocycles. The van der Waals surface area contributed by atoms with E-state index in [1.165, 1.54) is 0 Å². The Bertz CT molecular complexity index is 475. The van der Waals surface area contributed by atoms with Crippen LogP contribution in [0.15, 0.2) is 0 Å². The SMILES string of the molecule is O=CNCC(=O)NC1C(O)CC(O)(C(=O)[O-])OC1[C@H](O)[C@H](O)CO. The number of nitrogens with one attached hydrogen (secondary N) is 2. The van der Waals surface area contributed by atoms with Gasteiger partial charge in [0, 0.05) is 6.42 Å². The summed E-state index contributed by atoms with van der Waals surface area (Å²) < 4.78 is 4.82. The topological polar surface area (TPSA) is 209 Å². The van der Waals surface area contributed by atoms with Gasteiger partial charge in [-0.1, -0.05) is 0 Å². The maximum Gasteiger partial charge on any atom is 0.239 e. The summed E-state index contributed by atoms with van der Waals surface area (Å²) >= 11 is 0. The first-order chi connectivity index (χ1) is 11.2. The fraction of sp³-hybridized carbons (Fsp3) is 0.750. The van der Waals surface area contributed by atoms with Crippen molar-refractivity contribution in [1.29, 1.82) is 0 Å². The van der Waals surface area contributed by atoms with Crippen molar-refractivity contribution >= 4 is 18.3 Å². The van der Waals surface area contributed by atoms with E-state index in [9.17, 15) is 39.9 Å². The molecule has 0 radical (unpaired) electrons. The van der Waals surface area contributed by atoms with Gasteiger partial charge in [0.25, 0.3) is 0 Å². The van der Waals surface area contributed by atoms with Crippen LogP contribution in [0.25, 0.3) is 0 Å². The molecule has 6 atom stereocenters. The van der Waals surface area contributed by atoms with Crippen molar-refractivity contribution in [2.75, 3.05) is 13.2 Å². The summed E-state index contributed by atoms with van der Waals surface area (Å²) in [5.74, 6) is -5.88. The summed E-state index contributed by atoms with van der Waals surface area (Å²) in [5.41, 5.74) is 0. The Labute approximate surface area is 135 Å². The second-order valence-corrected chi connectivity index (χ2v) is 5.26. The molecule has 0 spiro atoms. The summed E-state index contributed by atoms with van der Waals surface area (Å²) in [6.45, 7) is -1.42. The number of carboxylic acid groups (broad SMARTS) is 1. The predicted octanol–water partition coefficient (Wildman–Crippen LogP) is -6.48. The molecule has 0 aliphatic carbocycles. The highest BCUT2D eigenvalue weighted by atomic mass is 16.7. The van der Waals surface area contributed by atoms with E-state index < -0.39 is 67.7 Å². The minimum Gasteiger partial charge on any atom is -0.544 e. The molecule has 12 heteroatoms. The number of hydrogen-bond donors (Lipinski definition) is 7. The largest absolute Gasteiger partial charge is 0.544 e. The second-order valence-electron chi connectivity index (χ2n) is 5.26. The second kappa shape index (κ2) is 8.32. The van der Waals surface area contributed by atoms with Crippen LogP contribution in [0.2, 0.25) is 0 Å². The third-order valence-corrected chi connectivity index (χ3v) is 3.50. The van der Waals surface area contributed by atoms with Crippen LogP contribution in [0, 0.1) is 0 Å². The van der Waals surface area contributed by atoms with Crippen molar-refractivity contribution < 1.29 is 49.8 Å². The molecule has 1 rings (SSSR count). The van der Waals surface area contributed by atoms with Crippen LogP contribution in [0.1, 0.15) is 6.42 Å². The average molecular weight is 351 g/mol. The van der Waals surface area contributed by atoms with Gasteiger partial charge in [0.1, 0.15) is 24.3 Å². The molecule has 24 heavy (non-hydrogen) atoms. The molecule has 2 amide bonds. The Hall–Kier alpha value is -1.83. The van der Waals surface area contributed by atoms with E-state index in [-0.39, 0.29) is 6.41 Å². The fourth-order valence-corrected chi connectivity index (χ4v) is 2.27. The Morgan fingerprint density at radius 3 is 2.54 bits per heavy atom. The zero-order valence-corrected chi connectivity index (χ0v) is 12.4. The Kier molecular flexibility index (Phi) is 7.01. The highest BCUT2D eigenvalue weighted by Gasteiger charge is 2.50. The van der Waals surface area contributed by atoms with Crippen molar-refractivity contribution in [3.63, 3.8) is 0 Å². The number of carbonyl (C=O) groups excluding carboxylic acids is 3. The van der Waals surface area contributed by atoms with E-state index in [1.807, 2.05) is 5.32 Å². The van der Waals surface area contributed by atoms with Gasteiger partial charge in [0.2, 0.25) is 18.1 Å². The van der Waals surface area contributed by atoms with Crippen LogP contribution in [-0.2, 0) is 19.1 Å². The van der Waals surface area contributed by atoms with Crippen LogP contribution in [-0.4, -0.2) is 93.2 Å². The number of ether oxygens (including phenoxy) is 1. The Balaban J connectivity index is 3.02. The molecule has 0 aromatic heterocycles. The van der Waals surface area contributed by atoms with Crippen molar-refractivity contribution in [2.45, 2.75) is 42.7 Å². The first-order valence-electron chi connectivity index (χ1n) is 6.89. The standard InChI is InChI=1S/C12H20N2O10/c15-3-6(18)9(20)10-8(14-7(19)2-13-4-16)5(17)1-12(23,24-10)11(21)22/h4-6,8-10,15,17-18,20,23H,1-3H2,(H,13,16)(H,14,19)(H,21,22)/p-1/t5?,6-,8?,9-,10?,12?/m1/s1. The summed E-state index contributed by atoms with van der Waals surface area (Å²) in [4.78, 5) is 32.8. The van der Waals surface area contributed by atoms with E-state index in [1.54, 1.807) is 0 Å². The van der Waals surface area contributed by atoms with E-state index in [2.05, 4.69) is 5.32 Å². The van der Waals surface area contributed by atoms with E-state index in [0.717, 1.165) is 0 Å². The lowest BCUT2D eigenvalue weighted by Crippen LogP contribution is -2.69. The van der Waals surface area contributed by atoms with Crippen LogP contribution in [0.3, 0.4) is 0 Å². The molecule has 7 N–H and O–H groups in total. The summed E-state index contributed by atoms with van der Waals surface area (Å²) in [6.07, 6.45) is -7.91. The molecule has 4 unspecified atom stereocenters. The fourth-order valence-electron chi connectivity index (χ4n) is 2.27. The molecule has 138 valence electrons. The summed E-state index contributed by atoms with van der Waals surface area (Å²) in [5, 5.41) is 63.3. The van der Waals surface area contributed by atoms with Crippen molar-refractivity contribution in [2.24, 2.45) is 0 Å². The molecule has 0 aromatic rings. The van der Waals surface area contributed by atoms with Gasteiger partial charge >= 0.3 is 0 Å². The number of rotatable bonds is 8. The number of amides is 2. The van der Waals surface area contributed by atoms with E-state index in [4.69, 9.17) is 9.84 Å². The maximum absolute atomic E-state index is 11.6. The summed E-state index contributed by atoms with van der Waals surface area (Å²) in [6, 6.07) is -1.44. The molecule has 1 aliphatic rings. The van der Waals surface area contributed by atoms with Gasteiger partial charge in [-0.05, 0) is 0 Å². The minimum absolute atomic E-state index is 0.240. The van der Waals surface area contributed by atoms with Crippen molar-refractivity contribution in [3.05, 3.63) is 0 Å². The number of hydrogen-bond acceptors (Lipinski definition) is 10. The van der Waals surface area contributed by atoms with Crippen LogP contribution >= 0.6 is 0 Å². The van der Waals surface area contributed by atoms with Gasteiger partial charge in [-0.25, -0.2) is 0 Å². The number of aliphatic carboxylic acids is 1. The van der Waals surface area contributed by atoms with Gasteiger partial charge in [0.15, 0.2) is 0 Å². The monoisotopic (exact) mass is 351 g/mol. The zero-order valence-electron chi connectivity index (χ0n) is 12.4. The normalized spacial score (nSPS) is 32.5. The molecule has 12 nitrogen and oxygen atoms in total. The van der Waals surface area contributed by atoms with Crippen molar-refractivity contribution in [1.82, 2.24) is 10.6 Å². The number of carbonyl (C=O) groups is 3. The van der Waals surface area contributed by atoms with Gasteiger partial charge in [-0.3, -0.25) is 9.59 Å². The maximum atomic E-state index is 11.6. The Morgan fingerprint density at radius 1 is 1.42 bits per heavy atom. The highest BCUT2D eigenvalue weighted by molar-refractivity contribution is 5.80. The van der Waals surface area contributed by atoms with E-state index >= 15 is 0 Å². The third-order valence-electron chi connectivity index (χ3n) is 3.50. The van der Waals surface area contributed by atoms with Crippen LogP contribution in [0.4, 0.5) is 0 Å². The Morgan fingerprint density at radius 2 is 2.04 bits per heavy atom. The molecule has 0 aromatic carbocycles. The lowest BCUT2D eigenvalue weighted by molar-refractivity contribution is -0.374. The third kappa shape index (κ3) is 4.59. The first-order valence-corrected chi connectivity index (χ1v) is 6.89. The number of carboxylic acids is 1. The molecule has 0 saturated carbocycles. The summed E-state index contributed by atoms with van der Waals surface area (Å²) in [7, 11) is 0. The van der Waals surface area contributed by atoms with Gasteiger partial charge in [-0.15, -0.1) is 0 Å². The minimum atomic E-state index is -2.97. The van der Waals surface area contributed by atoms with Crippen LogP contribution < -0.4 is 15.7 Å². The predicted molar refractivity (Wildman–Crippen MR) is 70.6 cm³/mol. The lowest BCUT2D eigenvalue weighted by Gasteiger charge is -2.46. The quantitative estimate of drug-likeness (QED) is 0.206.